The van der Waals surface area contributed by atoms with Crippen LogP contribution >= 0.6 is 11.3 Å². The van der Waals surface area contributed by atoms with E-state index < -0.39 is 0 Å². The van der Waals surface area contributed by atoms with Crippen LogP contribution in [-0.2, 0) is 0 Å². The molecule has 61 heavy (non-hydrogen) atoms. The number of para-hydroxylation sites is 2. The van der Waals surface area contributed by atoms with Gasteiger partial charge in [-0.2, -0.15) is 0 Å². The van der Waals surface area contributed by atoms with Crippen LogP contribution in [0.5, 0.6) is 0 Å². The average molecular weight is 803 g/mol. The van der Waals surface area contributed by atoms with Crippen molar-refractivity contribution in [2.45, 2.75) is 13.8 Å². The highest BCUT2D eigenvalue weighted by molar-refractivity contribution is 7.25. The first-order chi connectivity index (χ1) is 30.1. The molecule has 0 saturated heterocycles. The van der Waals surface area contributed by atoms with Gasteiger partial charge in [0.2, 0.25) is 0 Å². The predicted octanol–water partition coefficient (Wildman–Crippen LogP) is 13.8. The van der Waals surface area contributed by atoms with Crippen molar-refractivity contribution in [3.8, 4) is 44.6 Å². The van der Waals surface area contributed by atoms with Crippen molar-refractivity contribution >= 4 is 60.2 Å². The van der Waals surface area contributed by atoms with Crippen LogP contribution in [0, 0.1) is 0 Å². The van der Waals surface area contributed by atoms with E-state index in [1.165, 1.54) is 5.56 Å². The Kier molecular flexibility index (Phi) is 10.1. The summed E-state index contributed by atoms with van der Waals surface area (Å²) in [6.07, 6.45) is 3.68. The summed E-state index contributed by atoms with van der Waals surface area (Å²) < 4.78 is 0.983. The minimum Gasteiger partial charge on any atom is -0.241 e. The highest BCUT2D eigenvalue weighted by Gasteiger charge is 2.16. The molecule has 290 valence electrons. The summed E-state index contributed by atoms with van der Waals surface area (Å²) >= 11 is 1.59. The van der Waals surface area contributed by atoms with E-state index in [1.54, 1.807) is 17.7 Å². The molecule has 0 amide bonds. The van der Waals surface area contributed by atoms with Crippen molar-refractivity contribution in [1.82, 2.24) is 19.9 Å². The molecule has 3 aromatic heterocycles. The van der Waals surface area contributed by atoms with Gasteiger partial charge in [0.1, 0.15) is 22.2 Å². The lowest BCUT2D eigenvalue weighted by molar-refractivity contribution is 1.23. The van der Waals surface area contributed by atoms with Gasteiger partial charge in [-0.25, -0.2) is 29.9 Å². The van der Waals surface area contributed by atoms with E-state index in [4.69, 9.17) is 24.9 Å². The van der Waals surface area contributed by atoms with Gasteiger partial charge in [0, 0.05) is 16.8 Å². The Morgan fingerprint density at radius 2 is 1.03 bits per heavy atom. The van der Waals surface area contributed by atoms with Gasteiger partial charge in [-0.3, -0.25) is 0 Å². The van der Waals surface area contributed by atoms with Gasteiger partial charge in [0.25, 0.3) is 0 Å². The molecule has 0 N–H and O–H groups in total. The molecule has 0 aliphatic rings. The summed E-state index contributed by atoms with van der Waals surface area (Å²) in [6.45, 7) is 4.07. The highest BCUT2D eigenvalue weighted by atomic mass is 32.1. The Bertz CT molecular complexity index is 3300. The largest absolute Gasteiger partial charge is 0.241 e. The van der Waals surface area contributed by atoms with E-state index in [9.17, 15) is 0 Å². The van der Waals surface area contributed by atoms with Gasteiger partial charge >= 0.3 is 0 Å². The van der Waals surface area contributed by atoms with Crippen LogP contribution in [0.4, 0.5) is 0 Å². The van der Waals surface area contributed by atoms with Crippen LogP contribution in [0.15, 0.2) is 204 Å². The van der Waals surface area contributed by atoms with Crippen LogP contribution in [0.3, 0.4) is 0 Å². The zero-order chi connectivity index (χ0) is 41.1. The van der Waals surface area contributed by atoms with Crippen LogP contribution in [0.25, 0.3) is 81.9 Å². The molecular formula is C54H38N6S. The number of amidine groups is 1. The molecule has 0 bridgehead atoms. The van der Waals surface area contributed by atoms with Crippen LogP contribution < -0.4 is 0 Å². The van der Waals surface area contributed by atoms with Crippen molar-refractivity contribution in [3.05, 3.63) is 211 Å². The summed E-state index contributed by atoms with van der Waals surface area (Å²) in [5.74, 6) is 0.646. The summed E-state index contributed by atoms with van der Waals surface area (Å²) in [7, 11) is 0. The van der Waals surface area contributed by atoms with Crippen LogP contribution in [0.1, 0.15) is 30.5 Å². The van der Waals surface area contributed by atoms with Gasteiger partial charge in [-0.05, 0) is 82.6 Å². The Balaban J connectivity index is 0.970. The van der Waals surface area contributed by atoms with Crippen LogP contribution in [0.2, 0.25) is 0 Å². The van der Waals surface area contributed by atoms with Gasteiger partial charge in [0.15, 0.2) is 5.84 Å². The fourth-order valence-corrected chi connectivity index (χ4v) is 8.71. The van der Waals surface area contributed by atoms with E-state index in [2.05, 4.69) is 145 Å². The number of hydrogen-bond acceptors (Lipinski definition) is 6. The predicted molar refractivity (Wildman–Crippen MR) is 255 cm³/mol. The lowest BCUT2D eigenvalue weighted by Crippen LogP contribution is -2.04. The Morgan fingerprint density at radius 3 is 1.77 bits per heavy atom. The number of aromatic nitrogens is 4. The second-order valence-electron chi connectivity index (χ2n) is 14.7. The number of aliphatic imine (C=N–C) groups is 2. The maximum atomic E-state index is 5.25. The van der Waals surface area contributed by atoms with Crippen molar-refractivity contribution in [1.29, 1.82) is 0 Å². The second-order valence-corrected chi connectivity index (χ2v) is 15.7. The quantitative estimate of drug-likeness (QED) is 0.113. The number of nitrogens with zero attached hydrogens (tertiary/aromatic N) is 6. The number of thiophene rings is 1. The molecule has 0 aliphatic heterocycles. The van der Waals surface area contributed by atoms with Gasteiger partial charge < -0.3 is 0 Å². The molecule has 0 atom stereocenters. The van der Waals surface area contributed by atoms with Crippen molar-refractivity contribution in [2.75, 3.05) is 0 Å². The van der Waals surface area contributed by atoms with Crippen molar-refractivity contribution in [3.63, 3.8) is 0 Å². The zero-order valence-corrected chi connectivity index (χ0v) is 34.4. The summed E-state index contributed by atoms with van der Waals surface area (Å²) in [4.78, 5) is 30.5. The second kappa shape index (κ2) is 16.5. The third kappa shape index (κ3) is 7.66. The average Bonchev–Trinajstić information content (AvgIpc) is 3.70. The first-order valence-corrected chi connectivity index (χ1v) is 21.0. The number of hydrogen-bond donors (Lipinski definition) is 0. The van der Waals surface area contributed by atoms with Gasteiger partial charge in [0.05, 0.1) is 27.1 Å². The number of benzene rings is 7. The SMILES string of the molecule is C/C=C(/N=C(N=C(C)c1ccccc1)c1cccc(-c2cccc(-c3ccc(-c4ncnc5c4sc4nc6ccccc6nc45)cc3)c2)c1)c1ccc(-c2ccccc2)cc1. The molecule has 3 heterocycles. The Hall–Kier alpha value is -7.74. The van der Waals surface area contributed by atoms with Crippen molar-refractivity contribution in [2.24, 2.45) is 9.98 Å². The first-order valence-electron chi connectivity index (χ1n) is 20.2. The summed E-state index contributed by atoms with van der Waals surface area (Å²) in [6, 6.07) is 63.0. The molecule has 0 unspecified atom stereocenters. The normalized spacial score (nSPS) is 12.4. The number of rotatable bonds is 8. The molecule has 0 saturated carbocycles. The molecule has 0 spiro atoms. The number of fused-ring (bicyclic) bond motifs is 4. The molecule has 7 heteroatoms. The van der Waals surface area contributed by atoms with Crippen molar-refractivity contribution < 1.29 is 0 Å². The molecule has 10 aromatic rings. The van der Waals surface area contributed by atoms with Gasteiger partial charge in [-0.1, -0.05) is 164 Å². The molecule has 7 aromatic carbocycles. The van der Waals surface area contributed by atoms with E-state index in [-0.39, 0.29) is 0 Å². The smallest absolute Gasteiger partial charge is 0.160 e. The highest BCUT2D eigenvalue weighted by Crippen LogP contribution is 2.37. The fraction of sp³-hybridized carbons (Fsp3) is 0.0370. The third-order valence-electron chi connectivity index (χ3n) is 10.8. The molecule has 0 radical (unpaired) electrons. The Morgan fingerprint density at radius 1 is 0.475 bits per heavy atom. The number of allylic oxidation sites excluding steroid dienone is 1. The lowest BCUT2D eigenvalue weighted by atomic mass is 9.97. The van der Waals surface area contributed by atoms with E-state index in [0.717, 1.165) is 98.8 Å². The summed E-state index contributed by atoms with van der Waals surface area (Å²) in [5, 5.41) is 0. The molecular weight excluding hydrogens is 765 g/mol. The maximum Gasteiger partial charge on any atom is 0.160 e. The molecule has 0 aliphatic carbocycles. The standard InChI is InChI=1S/C54H38N6S/c1-3-46(40-28-24-38(25-29-40)37-16-8-5-9-17-37)59-53(57-35(2)36-14-6-4-7-15-36)45-21-13-20-44(33-45)43-19-12-18-42(32-43)39-26-30-41(31-27-39)49-52-50(56-34-55-49)51-54(61-52)60-48-23-11-10-22-47(48)58-51/h3-34H,1-2H3/b46-3+,57-35?,59-53?. The maximum absolute atomic E-state index is 5.25. The minimum atomic E-state index is 0.646. The first kappa shape index (κ1) is 37.5. The molecule has 10 rings (SSSR count). The minimum absolute atomic E-state index is 0.646. The molecule has 0 fully saturated rings. The van der Waals surface area contributed by atoms with E-state index >= 15 is 0 Å². The fourth-order valence-electron chi connectivity index (χ4n) is 7.62. The Labute approximate surface area is 358 Å². The third-order valence-corrected chi connectivity index (χ3v) is 11.9. The monoisotopic (exact) mass is 802 g/mol. The zero-order valence-electron chi connectivity index (χ0n) is 33.6. The van der Waals surface area contributed by atoms with E-state index in [0.29, 0.717) is 5.84 Å². The van der Waals surface area contributed by atoms with Crippen LogP contribution in [-0.4, -0.2) is 31.5 Å². The van der Waals surface area contributed by atoms with E-state index in [1.807, 2.05) is 62.4 Å². The lowest BCUT2D eigenvalue weighted by Gasteiger charge is -2.11. The summed E-state index contributed by atoms with van der Waals surface area (Å²) in [5.41, 5.74) is 16.8. The topological polar surface area (TPSA) is 76.3 Å². The van der Waals surface area contributed by atoms with Gasteiger partial charge in [-0.15, -0.1) is 11.3 Å². The molecule has 6 nitrogen and oxygen atoms in total.